The molecule has 0 radical (unpaired) electrons. The van der Waals surface area contributed by atoms with E-state index in [9.17, 15) is 19.1 Å². The van der Waals surface area contributed by atoms with Crippen LogP contribution in [0.5, 0.6) is 0 Å². The van der Waals surface area contributed by atoms with E-state index >= 15 is 0 Å². The number of carboxylic acids is 1. The number of anilines is 1. The average molecular weight is 430 g/mol. The van der Waals surface area contributed by atoms with Gasteiger partial charge >= 0.3 is 5.97 Å². The zero-order chi connectivity index (χ0) is 22.7. The number of halogens is 1. The Hall–Kier alpha value is -3.93. The van der Waals surface area contributed by atoms with Crippen molar-refractivity contribution in [3.8, 4) is 0 Å². The molecule has 1 amide bonds. The first-order chi connectivity index (χ1) is 15.5. The van der Waals surface area contributed by atoms with E-state index in [4.69, 9.17) is 0 Å². The van der Waals surface area contributed by atoms with Crippen LogP contribution in [0.2, 0.25) is 0 Å². The maximum absolute atomic E-state index is 12.6. The summed E-state index contributed by atoms with van der Waals surface area (Å²) < 4.78 is 14.5. The monoisotopic (exact) mass is 430 g/mol. The van der Waals surface area contributed by atoms with Gasteiger partial charge in [0.1, 0.15) is 13.2 Å². The van der Waals surface area contributed by atoms with E-state index in [0.717, 1.165) is 27.7 Å². The number of nitrogens with zero attached hydrogens (tertiary/aromatic N) is 1. The molecule has 0 bridgehead atoms. The minimum absolute atomic E-state index is 0.0797. The number of benzene rings is 3. The Morgan fingerprint density at radius 2 is 1.59 bits per heavy atom. The zero-order valence-corrected chi connectivity index (χ0v) is 17.6. The van der Waals surface area contributed by atoms with Crippen molar-refractivity contribution in [1.82, 2.24) is 4.57 Å². The van der Waals surface area contributed by atoms with Crippen LogP contribution >= 0.6 is 0 Å². The van der Waals surface area contributed by atoms with Crippen molar-refractivity contribution in [2.24, 2.45) is 0 Å². The van der Waals surface area contributed by atoms with Crippen molar-refractivity contribution < 1.29 is 19.1 Å². The number of nitrogens with one attached hydrogen (secondary N) is 1. The fourth-order valence-electron chi connectivity index (χ4n) is 3.92. The molecule has 1 heterocycles. The Bertz CT molecular complexity index is 1280. The highest BCUT2D eigenvalue weighted by atomic mass is 19.1. The van der Waals surface area contributed by atoms with Crippen LogP contribution in [-0.4, -0.2) is 21.6 Å². The third-order valence-corrected chi connectivity index (χ3v) is 5.62. The number of rotatable bonds is 7. The molecule has 162 valence electrons. The first-order valence-electron chi connectivity index (χ1n) is 10.3. The van der Waals surface area contributed by atoms with Crippen LogP contribution < -0.4 is 5.32 Å². The largest absolute Gasteiger partial charge is 0.480 e. The van der Waals surface area contributed by atoms with Gasteiger partial charge in [-0.05, 0) is 60.4 Å². The van der Waals surface area contributed by atoms with Gasteiger partial charge in [0.2, 0.25) is 0 Å². The van der Waals surface area contributed by atoms with E-state index in [1.165, 1.54) is 0 Å². The van der Waals surface area contributed by atoms with Crippen LogP contribution in [-0.2, 0) is 24.4 Å². The Labute approximate surface area is 185 Å². The zero-order valence-electron chi connectivity index (χ0n) is 17.6. The van der Waals surface area contributed by atoms with Crippen molar-refractivity contribution in [3.63, 3.8) is 0 Å². The summed E-state index contributed by atoms with van der Waals surface area (Å²) in [7, 11) is 0. The Balaban J connectivity index is 1.53. The van der Waals surface area contributed by atoms with Gasteiger partial charge in [-0.1, -0.05) is 42.5 Å². The number of carbonyl (C=O) groups excluding carboxylic acids is 1. The number of hydrogen-bond acceptors (Lipinski definition) is 2. The Kier molecular flexibility index (Phi) is 6.03. The average Bonchev–Trinajstić information content (AvgIpc) is 3.06. The molecule has 32 heavy (non-hydrogen) atoms. The van der Waals surface area contributed by atoms with Crippen molar-refractivity contribution >= 4 is 28.5 Å². The molecule has 1 aromatic heterocycles. The quantitative estimate of drug-likeness (QED) is 0.415. The number of hydrogen-bond donors (Lipinski definition) is 2. The summed E-state index contributed by atoms with van der Waals surface area (Å²) >= 11 is 0. The summed E-state index contributed by atoms with van der Waals surface area (Å²) in [6, 6.07) is 21.8. The van der Waals surface area contributed by atoms with E-state index in [1.54, 1.807) is 24.3 Å². The Morgan fingerprint density at radius 1 is 0.938 bits per heavy atom. The topological polar surface area (TPSA) is 71.3 Å². The molecule has 3 aromatic carbocycles. The first kappa shape index (κ1) is 21.3. The van der Waals surface area contributed by atoms with Gasteiger partial charge in [0.25, 0.3) is 5.91 Å². The first-order valence-corrected chi connectivity index (χ1v) is 10.3. The number of amides is 1. The van der Waals surface area contributed by atoms with Crippen LogP contribution in [0, 0.1) is 6.92 Å². The van der Waals surface area contributed by atoms with E-state index in [-0.39, 0.29) is 12.5 Å². The maximum Gasteiger partial charge on any atom is 0.323 e. The lowest BCUT2D eigenvalue weighted by molar-refractivity contribution is -0.137. The number of fused-ring (bicyclic) bond motifs is 1. The molecule has 4 rings (SSSR count). The van der Waals surface area contributed by atoms with Gasteiger partial charge in [0.15, 0.2) is 0 Å². The maximum atomic E-state index is 12.6. The molecule has 0 saturated heterocycles. The molecule has 5 nitrogen and oxygen atoms in total. The number of alkyl halides is 1. The number of para-hydroxylation sites is 1. The van der Waals surface area contributed by atoms with Crippen LogP contribution in [0.3, 0.4) is 0 Å². The molecule has 0 aliphatic heterocycles. The molecule has 6 heteroatoms. The predicted molar refractivity (Wildman–Crippen MR) is 123 cm³/mol. The molecular weight excluding hydrogens is 407 g/mol. The van der Waals surface area contributed by atoms with Crippen LogP contribution in [0.15, 0.2) is 72.8 Å². The molecule has 0 unspecified atom stereocenters. The smallest absolute Gasteiger partial charge is 0.323 e. The lowest BCUT2D eigenvalue weighted by Crippen LogP contribution is -2.11. The lowest BCUT2D eigenvalue weighted by atomic mass is 10.0. The van der Waals surface area contributed by atoms with Crippen LogP contribution in [0.1, 0.15) is 32.7 Å². The van der Waals surface area contributed by atoms with Gasteiger partial charge < -0.3 is 15.0 Å². The molecular formula is C26H23FN2O3. The number of carboxylic acid groups (broad SMARTS) is 1. The second-order valence-corrected chi connectivity index (χ2v) is 7.72. The fourth-order valence-corrected chi connectivity index (χ4v) is 3.92. The Morgan fingerprint density at radius 3 is 2.25 bits per heavy atom. The number of aliphatic carboxylic acids is 1. The van der Waals surface area contributed by atoms with Gasteiger partial charge in [-0.3, -0.25) is 9.59 Å². The van der Waals surface area contributed by atoms with E-state index in [0.29, 0.717) is 23.2 Å². The van der Waals surface area contributed by atoms with Crippen LogP contribution in [0.25, 0.3) is 10.9 Å². The molecule has 0 aliphatic carbocycles. The SMILES string of the molecule is Cc1c(Cc2ccc(NC(=O)c3ccc(CF)cc3)cc2)c2ccccc2n1CC(=O)O. The van der Waals surface area contributed by atoms with Crippen LogP contribution in [0.4, 0.5) is 10.1 Å². The summed E-state index contributed by atoms with van der Waals surface area (Å²) in [5.41, 5.74) is 5.65. The molecule has 0 fully saturated rings. The summed E-state index contributed by atoms with van der Waals surface area (Å²) in [5, 5.41) is 13.2. The van der Waals surface area contributed by atoms with Crippen molar-refractivity contribution in [2.75, 3.05) is 5.32 Å². The van der Waals surface area contributed by atoms with Gasteiger partial charge in [-0.25, -0.2) is 4.39 Å². The van der Waals surface area contributed by atoms with Gasteiger partial charge in [0.05, 0.1) is 0 Å². The summed E-state index contributed by atoms with van der Waals surface area (Å²) in [6.45, 7) is 1.31. The summed E-state index contributed by atoms with van der Waals surface area (Å²) in [5.74, 6) is -1.13. The minimum Gasteiger partial charge on any atom is -0.480 e. The molecule has 0 saturated carbocycles. The highest BCUT2D eigenvalue weighted by Crippen LogP contribution is 2.28. The number of carbonyl (C=O) groups is 2. The van der Waals surface area contributed by atoms with Crippen molar-refractivity contribution in [1.29, 1.82) is 0 Å². The van der Waals surface area contributed by atoms with E-state index in [1.807, 2.05) is 60.0 Å². The molecule has 0 spiro atoms. The summed E-state index contributed by atoms with van der Waals surface area (Å²) in [4.78, 5) is 23.7. The second-order valence-electron chi connectivity index (χ2n) is 7.72. The molecule has 2 N–H and O–H groups in total. The normalized spacial score (nSPS) is 10.9. The third kappa shape index (κ3) is 4.39. The molecule has 4 aromatic rings. The lowest BCUT2D eigenvalue weighted by Gasteiger charge is -2.08. The van der Waals surface area contributed by atoms with Gasteiger partial charge in [-0.2, -0.15) is 0 Å². The number of aromatic nitrogens is 1. The van der Waals surface area contributed by atoms with E-state index < -0.39 is 12.6 Å². The highest BCUT2D eigenvalue weighted by molar-refractivity contribution is 6.04. The van der Waals surface area contributed by atoms with Gasteiger partial charge in [0, 0.05) is 27.8 Å². The van der Waals surface area contributed by atoms with Crippen molar-refractivity contribution in [3.05, 3.63) is 101 Å². The molecule has 0 aliphatic rings. The predicted octanol–water partition coefficient (Wildman–Crippen LogP) is 5.35. The minimum atomic E-state index is -0.875. The van der Waals surface area contributed by atoms with E-state index in [2.05, 4.69) is 5.32 Å². The summed E-state index contributed by atoms with van der Waals surface area (Å²) in [6.07, 6.45) is 0.651. The highest BCUT2D eigenvalue weighted by Gasteiger charge is 2.16. The molecule has 0 atom stereocenters. The standard InChI is InChI=1S/C26H23FN2O3/c1-17-23(22-4-2-3-5-24(22)29(17)16-25(30)31)14-18-8-12-21(13-9-18)28-26(32)20-10-6-19(15-27)7-11-20/h2-13H,14-16H2,1H3,(H,28,32)(H,30,31). The van der Waals surface area contributed by atoms with Crippen molar-refractivity contribution in [2.45, 2.75) is 26.6 Å². The fraction of sp³-hybridized carbons (Fsp3) is 0.154. The second kappa shape index (κ2) is 9.06. The third-order valence-electron chi connectivity index (χ3n) is 5.62. The van der Waals surface area contributed by atoms with Gasteiger partial charge in [-0.15, -0.1) is 0 Å².